The van der Waals surface area contributed by atoms with Crippen LogP contribution in [0.5, 0.6) is 5.75 Å². The molecule has 1 aromatic carbocycles. The van der Waals surface area contributed by atoms with Gasteiger partial charge in [-0.1, -0.05) is 6.07 Å². The van der Waals surface area contributed by atoms with Gasteiger partial charge in [0.15, 0.2) is 0 Å². The fourth-order valence-corrected chi connectivity index (χ4v) is 1.97. The van der Waals surface area contributed by atoms with Crippen LogP contribution in [0.1, 0.15) is 13.3 Å². The van der Waals surface area contributed by atoms with Crippen LogP contribution in [0.3, 0.4) is 0 Å². The van der Waals surface area contributed by atoms with Crippen LogP contribution in [0.4, 0.5) is 5.69 Å². The molecule has 1 aromatic rings. The van der Waals surface area contributed by atoms with E-state index < -0.39 is 0 Å². The number of hydrogen-bond acceptors (Lipinski definition) is 4. The summed E-state index contributed by atoms with van der Waals surface area (Å²) in [7, 11) is 5.48. The maximum atomic E-state index is 11.8. The zero-order valence-electron chi connectivity index (χ0n) is 13.8. The number of likely N-dealkylation sites (N-methyl/N-ethyl adjacent to an activating group) is 1. The van der Waals surface area contributed by atoms with E-state index in [0.717, 1.165) is 12.2 Å². The Morgan fingerprint density at radius 3 is 2.55 bits per heavy atom. The van der Waals surface area contributed by atoms with Gasteiger partial charge in [0.25, 0.3) is 0 Å². The van der Waals surface area contributed by atoms with Crippen molar-refractivity contribution in [2.24, 2.45) is 0 Å². The average Bonchev–Trinajstić information content (AvgIpc) is 2.47. The molecule has 22 heavy (non-hydrogen) atoms. The van der Waals surface area contributed by atoms with Crippen molar-refractivity contribution < 1.29 is 14.3 Å². The third-order valence-corrected chi connectivity index (χ3v) is 3.19. The highest BCUT2D eigenvalue weighted by Crippen LogP contribution is 2.21. The Balaban J connectivity index is 2.58. The van der Waals surface area contributed by atoms with Gasteiger partial charge >= 0.3 is 0 Å². The largest absolute Gasteiger partial charge is 0.497 e. The summed E-state index contributed by atoms with van der Waals surface area (Å²) in [6.07, 6.45) is 0.268. The van der Waals surface area contributed by atoms with Crippen molar-refractivity contribution in [3.05, 3.63) is 24.3 Å². The summed E-state index contributed by atoms with van der Waals surface area (Å²) in [6.45, 7) is 3.23. The average molecular weight is 307 g/mol. The molecule has 0 unspecified atom stereocenters. The van der Waals surface area contributed by atoms with Gasteiger partial charge in [0.2, 0.25) is 11.8 Å². The Morgan fingerprint density at radius 2 is 1.95 bits per heavy atom. The first-order valence-electron chi connectivity index (χ1n) is 7.27. The van der Waals surface area contributed by atoms with E-state index in [0.29, 0.717) is 18.8 Å². The number of amides is 2. The van der Waals surface area contributed by atoms with Gasteiger partial charge in [-0.3, -0.25) is 9.59 Å². The number of methoxy groups -OCH3 is 1. The summed E-state index contributed by atoms with van der Waals surface area (Å²) in [5, 5.41) is 2.84. The number of carbonyl (C=O) groups excluding carboxylic acids is 2. The molecule has 6 heteroatoms. The number of nitrogens with zero attached hydrogens (tertiary/aromatic N) is 2. The van der Waals surface area contributed by atoms with Crippen molar-refractivity contribution in [2.45, 2.75) is 13.3 Å². The lowest BCUT2D eigenvalue weighted by molar-refractivity contribution is -0.121. The first-order valence-corrected chi connectivity index (χ1v) is 7.27. The maximum Gasteiger partial charge on any atom is 0.223 e. The fourth-order valence-electron chi connectivity index (χ4n) is 1.97. The van der Waals surface area contributed by atoms with E-state index in [9.17, 15) is 9.59 Å². The van der Waals surface area contributed by atoms with Crippen LogP contribution in [-0.2, 0) is 9.59 Å². The Bertz CT molecular complexity index is 503. The lowest BCUT2D eigenvalue weighted by Gasteiger charge is -2.21. The first-order chi connectivity index (χ1) is 10.4. The van der Waals surface area contributed by atoms with E-state index in [1.165, 1.54) is 6.92 Å². The molecule has 1 N–H and O–H groups in total. The van der Waals surface area contributed by atoms with Crippen molar-refractivity contribution >= 4 is 17.5 Å². The molecule has 0 saturated carbocycles. The molecule has 6 nitrogen and oxygen atoms in total. The van der Waals surface area contributed by atoms with Crippen molar-refractivity contribution in [3.8, 4) is 5.75 Å². The standard InChI is InChI=1S/C16H25N3O3/c1-13(20)19(14-6-5-7-15(12-14)22-4)10-8-16(21)17-9-11-18(2)3/h5-7,12H,8-11H2,1-4H3,(H,17,21). The van der Waals surface area contributed by atoms with Crippen molar-refractivity contribution in [3.63, 3.8) is 0 Å². The minimum Gasteiger partial charge on any atom is -0.497 e. The third kappa shape index (κ3) is 6.13. The topological polar surface area (TPSA) is 61.9 Å². The minimum absolute atomic E-state index is 0.0593. The molecule has 0 radical (unpaired) electrons. The van der Waals surface area contributed by atoms with E-state index in [1.807, 2.05) is 37.2 Å². The van der Waals surface area contributed by atoms with Crippen LogP contribution in [0, 0.1) is 0 Å². The minimum atomic E-state index is -0.102. The molecule has 1 rings (SSSR count). The highest BCUT2D eigenvalue weighted by atomic mass is 16.5. The number of hydrogen-bond donors (Lipinski definition) is 1. The van der Waals surface area contributed by atoms with Crippen molar-refractivity contribution in [1.29, 1.82) is 0 Å². The molecule has 0 atom stereocenters. The second-order valence-electron chi connectivity index (χ2n) is 5.28. The molecule has 0 bridgehead atoms. The molecule has 0 heterocycles. The predicted octanol–water partition coefficient (Wildman–Crippen LogP) is 1.12. The van der Waals surface area contributed by atoms with Crippen LogP contribution >= 0.6 is 0 Å². The SMILES string of the molecule is COc1cccc(N(CCC(=O)NCCN(C)C)C(C)=O)c1. The molecule has 0 aliphatic carbocycles. The number of carbonyl (C=O) groups is 2. The van der Waals surface area contributed by atoms with Gasteiger partial charge in [0.1, 0.15) is 5.75 Å². The van der Waals surface area contributed by atoms with Gasteiger partial charge in [0, 0.05) is 44.7 Å². The highest BCUT2D eigenvalue weighted by molar-refractivity contribution is 5.92. The van der Waals surface area contributed by atoms with Gasteiger partial charge < -0.3 is 19.9 Å². The number of anilines is 1. The molecule has 0 saturated heterocycles. The van der Waals surface area contributed by atoms with Crippen molar-refractivity contribution in [1.82, 2.24) is 10.2 Å². The lowest BCUT2D eigenvalue weighted by atomic mass is 10.2. The Hall–Kier alpha value is -2.08. The molecule has 122 valence electrons. The fraction of sp³-hybridized carbons (Fsp3) is 0.500. The predicted molar refractivity (Wildman–Crippen MR) is 87.2 cm³/mol. The lowest BCUT2D eigenvalue weighted by Crippen LogP contribution is -2.36. The van der Waals surface area contributed by atoms with Crippen LogP contribution in [-0.4, -0.2) is 57.6 Å². The van der Waals surface area contributed by atoms with E-state index in [4.69, 9.17) is 4.74 Å². The molecule has 2 amide bonds. The number of rotatable bonds is 8. The Kier molecular flexibility index (Phi) is 7.39. The summed E-state index contributed by atoms with van der Waals surface area (Å²) in [5.41, 5.74) is 0.730. The van der Waals surface area contributed by atoms with Crippen molar-refractivity contribution in [2.75, 3.05) is 45.7 Å². The second kappa shape index (κ2) is 9.04. The smallest absolute Gasteiger partial charge is 0.223 e. The van der Waals surface area contributed by atoms with Gasteiger partial charge in [-0.2, -0.15) is 0 Å². The normalized spacial score (nSPS) is 10.4. The van der Waals surface area contributed by atoms with Gasteiger partial charge in [-0.25, -0.2) is 0 Å². The van der Waals surface area contributed by atoms with E-state index >= 15 is 0 Å². The molecule has 0 aliphatic rings. The summed E-state index contributed by atoms with van der Waals surface area (Å²) >= 11 is 0. The van der Waals surface area contributed by atoms with Gasteiger partial charge in [-0.15, -0.1) is 0 Å². The number of ether oxygens (including phenoxy) is 1. The maximum absolute atomic E-state index is 11.8. The highest BCUT2D eigenvalue weighted by Gasteiger charge is 2.14. The van der Waals surface area contributed by atoms with Crippen LogP contribution in [0.25, 0.3) is 0 Å². The Labute approximate surface area is 132 Å². The second-order valence-corrected chi connectivity index (χ2v) is 5.28. The van der Waals surface area contributed by atoms with Gasteiger partial charge in [-0.05, 0) is 26.2 Å². The molecule has 0 aromatic heterocycles. The van der Waals surface area contributed by atoms with E-state index in [-0.39, 0.29) is 18.2 Å². The van der Waals surface area contributed by atoms with E-state index in [1.54, 1.807) is 18.1 Å². The monoisotopic (exact) mass is 307 g/mol. The molecular formula is C16H25N3O3. The number of benzene rings is 1. The molecule has 0 aliphatic heterocycles. The van der Waals surface area contributed by atoms with Crippen LogP contribution in [0.15, 0.2) is 24.3 Å². The summed E-state index contributed by atoms with van der Waals surface area (Å²) in [4.78, 5) is 27.2. The van der Waals surface area contributed by atoms with Gasteiger partial charge in [0.05, 0.1) is 7.11 Å². The first kappa shape index (κ1) is 18.0. The summed E-state index contributed by atoms with van der Waals surface area (Å²) in [5.74, 6) is 0.518. The zero-order chi connectivity index (χ0) is 16.5. The quantitative estimate of drug-likeness (QED) is 0.782. The Morgan fingerprint density at radius 1 is 1.23 bits per heavy atom. The summed E-state index contributed by atoms with van der Waals surface area (Å²) < 4.78 is 5.16. The molecular weight excluding hydrogens is 282 g/mol. The van der Waals surface area contributed by atoms with Crippen LogP contribution < -0.4 is 15.0 Å². The third-order valence-electron chi connectivity index (χ3n) is 3.19. The molecule has 0 spiro atoms. The number of nitrogens with one attached hydrogen (secondary N) is 1. The van der Waals surface area contributed by atoms with Crippen LogP contribution in [0.2, 0.25) is 0 Å². The zero-order valence-corrected chi connectivity index (χ0v) is 13.8. The molecule has 0 fully saturated rings. The summed E-state index contributed by atoms with van der Waals surface area (Å²) in [6, 6.07) is 7.25. The van der Waals surface area contributed by atoms with E-state index in [2.05, 4.69) is 5.32 Å².